The first-order valence-electron chi connectivity index (χ1n) is 4.37. The van der Waals surface area contributed by atoms with E-state index < -0.39 is 0 Å². The van der Waals surface area contributed by atoms with E-state index in [1.165, 1.54) is 32.1 Å². The first kappa shape index (κ1) is 6.38. The molecule has 0 radical (unpaired) electrons. The summed E-state index contributed by atoms with van der Waals surface area (Å²) in [5.74, 6) is 2.19. The van der Waals surface area contributed by atoms with Gasteiger partial charge in [0.25, 0.3) is 0 Å². The summed E-state index contributed by atoms with van der Waals surface area (Å²) in [5, 5.41) is 0. The summed E-state index contributed by atoms with van der Waals surface area (Å²) < 4.78 is 0. The van der Waals surface area contributed by atoms with Crippen molar-refractivity contribution in [2.24, 2.45) is 17.8 Å². The number of aldehydes is 1. The van der Waals surface area contributed by atoms with E-state index in [4.69, 9.17) is 0 Å². The molecule has 0 heterocycles. The number of hydrogen-bond acceptors (Lipinski definition) is 1. The predicted molar refractivity (Wildman–Crippen MR) is 39.6 cm³/mol. The van der Waals surface area contributed by atoms with Crippen molar-refractivity contribution in [1.82, 2.24) is 0 Å². The van der Waals surface area contributed by atoms with Crippen LogP contribution in [0.2, 0.25) is 0 Å². The second kappa shape index (κ2) is 2.37. The van der Waals surface area contributed by atoms with Crippen molar-refractivity contribution in [3.63, 3.8) is 0 Å². The summed E-state index contributed by atoms with van der Waals surface area (Å²) in [7, 11) is 0. The molecule has 2 aliphatic carbocycles. The first-order valence-corrected chi connectivity index (χ1v) is 4.37. The fraction of sp³-hybridized carbons (Fsp3) is 0.889. The van der Waals surface area contributed by atoms with Crippen LogP contribution in [0.4, 0.5) is 0 Å². The highest BCUT2D eigenvalue weighted by molar-refractivity contribution is 5.58. The van der Waals surface area contributed by atoms with Gasteiger partial charge in [-0.05, 0) is 18.3 Å². The molecule has 0 N–H and O–H groups in total. The maximum atomic E-state index is 10.3. The number of carbonyl (C=O) groups is 1. The van der Waals surface area contributed by atoms with Crippen LogP contribution in [0.1, 0.15) is 32.1 Å². The predicted octanol–water partition coefficient (Wildman–Crippen LogP) is 2.01. The molecule has 2 rings (SSSR count). The molecule has 0 aromatic carbocycles. The summed E-state index contributed by atoms with van der Waals surface area (Å²) in [6.07, 6.45) is 7.97. The molecule has 0 spiro atoms. The smallest absolute Gasteiger partial charge is 0.123 e. The molecule has 1 nitrogen and oxygen atoms in total. The van der Waals surface area contributed by atoms with Gasteiger partial charge in [0.1, 0.15) is 6.29 Å². The Morgan fingerprint density at radius 3 is 2.40 bits per heavy atom. The molecular formula is C9H14O. The highest BCUT2D eigenvalue weighted by Crippen LogP contribution is 2.48. The molecular weight excluding hydrogens is 124 g/mol. The van der Waals surface area contributed by atoms with Crippen molar-refractivity contribution >= 4 is 6.29 Å². The van der Waals surface area contributed by atoms with Crippen molar-refractivity contribution in [1.29, 1.82) is 0 Å². The lowest BCUT2D eigenvalue weighted by molar-refractivity contribution is -0.109. The van der Waals surface area contributed by atoms with Crippen LogP contribution in [0.15, 0.2) is 0 Å². The summed E-state index contributed by atoms with van der Waals surface area (Å²) in [6, 6.07) is 0. The Kier molecular flexibility index (Phi) is 1.51. The number of carbonyl (C=O) groups excluding carboxylic acids is 1. The largest absolute Gasteiger partial charge is 0.303 e. The normalized spacial score (nSPS) is 40.0. The Bertz CT molecular complexity index is 136. The zero-order chi connectivity index (χ0) is 6.97. The third-order valence-electron chi connectivity index (χ3n) is 3.07. The van der Waals surface area contributed by atoms with Gasteiger partial charge in [-0.1, -0.05) is 25.7 Å². The van der Waals surface area contributed by atoms with Gasteiger partial charge in [0.15, 0.2) is 0 Å². The molecule has 0 aromatic rings. The SMILES string of the molecule is O=C[C@H]1C[C@@H]1C1CCCC1. The summed E-state index contributed by atoms with van der Waals surface area (Å²) >= 11 is 0. The second-order valence-corrected chi connectivity index (χ2v) is 3.74. The van der Waals surface area contributed by atoms with Crippen LogP contribution in [0, 0.1) is 17.8 Å². The Labute approximate surface area is 61.8 Å². The van der Waals surface area contributed by atoms with Gasteiger partial charge in [-0.2, -0.15) is 0 Å². The Morgan fingerprint density at radius 1 is 1.20 bits per heavy atom. The van der Waals surface area contributed by atoms with Crippen LogP contribution in [-0.2, 0) is 4.79 Å². The van der Waals surface area contributed by atoms with Gasteiger partial charge in [-0.3, -0.25) is 0 Å². The monoisotopic (exact) mass is 138 g/mol. The Morgan fingerprint density at radius 2 is 1.90 bits per heavy atom. The van der Waals surface area contributed by atoms with E-state index in [1.807, 2.05) is 0 Å². The van der Waals surface area contributed by atoms with Crippen LogP contribution >= 0.6 is 0 Å². The number of hydrogen-bond donors (Lipinski definition) is 0. The van der Waals surface area contributed by atoms with E-state index >= 15 is 0 Å². The molecule has 10 heavy (non-hydrogen) atoms. The van der Waals surface area contributed by atoms with Gasteiger partial charge < -0.3 is 4.79 Å². The first-order chi connectivity index (χ1) is 4.92. The van der Waals surface area contributed by atoms with Crippen molar-refractivity contribution in [2.75, 3.05) is 0 Å². The average molecular weight is 138 g/mol. The Hall–Kier alpha value is -0.330. The van der Waals surface area contributed by atoms with Crippen LogP contribution in [0.25, 0.3) is 0 Å². The molecule has 0 aliphatic heterocycles. The fourth-order valence-corrected chi connectivity index (χ4v) is 2.32. The van der Waals surface area contributed by atoms with E-state index in [0.29, 0.717) is 5.92 Å². The molecule has 0 bridgehead atoms. The quantitative estimate of drug-likeness (QED) is 0.533. The van der Waals surface area contributed by atoms with Gasteiger partial charge in [-0.25, -0.2) is 0 Å². The molecule has 2 saturated carbocycles. The van der Waals surface area contributed by atoms with Crippen molar-refractivity contribution in [2.45, 2.75) is 32.1 Å². The van der Waals surface area contributed by atoms with Crippen LogP contribution in [0.3, 0.4) is 0 Å². The van der Waals surface area contributed by atoms with Gasteiger partial charge in [-0.15, -0.1) is 0 Å². The highest BCUT2D eigenvalue weighted by atomic mass is 16.1. The second-order valence-electron chi connectivity index (χ2n) is 3.74. The molecule has 1 heteroatoms. The molecule has 2 aliphatic rings. The van der Waals surface area contributed by atoms with E-state index in [-0.39, 0.29) is 0 Å². The van der Waals surface area contributed by atoms with Crippen LogP contribution in [-0.4, -0.2) is 6.29 Å². The molecule has 2 fully saturated rings. The minimum absolute atomic E-state index is 0.461. The van der Waals surface area contributed by atoms with E-state index in [1.54, 1.807) is 0 Å². The van der Waals surface area contributed by atoms with Crippen LogP contribution < -0.4 is 0 Å². The van der Waals surface area contributed by atoms with Crippen molar-refractivity contribution in [3.05, 3.63) is 0 Å². The van der Waals surface area contributed by atoms with E-state index in [2.05, 4.69) is 0 Å². The lowest BCUT2D eigenvalue weighted by Crippen LogP contribution is -1.98. The zero-order valence-electron chi connectivity index (χ0n) is 6.25. The number of rotatable bonds is 2. The topological polar surface area (TPSA) is 17.1 Å². The molecule has 0 amide bonds. The van der Waals surface area contributed by atoms with Gasteiger partial charge in [0, 0.05) is 5.92 Å². The molecule has 2 atom stereocenters. The third kappa shape index (κ3) is 0.979. The minimum atomic E-state index is 0.461. The Balaban J connectivity index is 1.84. The lowest BCUT2D eigenvalue weighted by atomic mass is 10.0. The average Bonchev–Trinajstić information content (AvgIpc) is 2.56. The highest BCUT2D eigenvalue weighted by Gasteiger charge is 2.43. The van der Waals surface area contributed by atoms with Gasteiger partial charge in [0.2, 0.25) is 0 Å². The maximum Gasteiger partial charge on any atom is 0.123 e. The van der Waals surface area contributed by atoms with Gasteiger partial charge >= 0.3 is 0 Å². The standard InChI is InChI=1S/C9H14O/c10-6-8-5-9(8)7-3-1-2-4-7/h6-9H,1-5H2/t8-,9-/m1/s1. The molecule has 56 valence electrons. The van der Waals surface area contributed by atoms with Crippen molar-refractivity contribution < 1.29 is 4.79 Å². The summed E-state index contributed by atoms with van der Waals surface area (Å²) in [5.41, 5.74) is 0. The lowest BCUT2D eigenvalue weighted by Gasteiger charge is -2.04. The summed E-state index contributed by atoms with van der Waals surface area (Å²) in [6.45, 7) is 0. The molecule has 0 unspecified atom stereocenters. The van der Waals surface area contributed by atoms with Gasteiger partial charge in [0.05, 0.1) is 0 Å². The zero-order valence-corrected chi connectivity index (χ0v) is 6.25. The third-order valence-corrected chi connectivity index (χ3v) is 3.07. The van der Waals surface area contributed by atoms with Crippen LogP contribution in [0.5, 0.6) is 0 Å². The van der Waals surface area contributed by atoms with E-state index in [0.717, 1.165) is 18.1 Å². The maximum absolute atomic E-state index is 10.3. The molecule has 0 aromatic heterocycles. The van der Waals surface area contributed by atoms with Crippen molar-refractivity contribution in [3.8, 4) is 0 Å². The fourth-order valence-electron chi connectivity index (χ4n) is 2.32. The minimum Gasteiger partial charge on any atom is -0.303 e. The molecule has 0 saturated heterocycles. The van der Waals surface area contributed by atoms with E-state index in [9.17, 15) is 4.79 Å². The summed E-state index contributed by atoms with van der Waals surface area (Å²) in [4.78, 5) is 10.3.